The van der Waals surface area contributed by atoms with Gasteiger partial charge >= 0.3 is 0 Å². The third-order valence-corrected chi connectivity index (χ3v) is 3.70. The third kappa shape index (κ3) is 1.55. The van der Waals surface area contributed by atoms with E-state index in [2.05, 4.69) is 22.6 Å². The minimum atomic E-state index is -0.510. The lowest BCUT2D eigenvalue weighted by Crippen LogP contribution is -1.86. The van der Waals surface area contributed by atoms with Crippen LogP contribution in [0.3, 0.4) is 0 Å². The number of phenolic OH excluding ortho intramolecular Hbond substituents is 1. The summed E-state index contributed by atoms with van der Waals surface area (Å²) in [7, 11) is 0. The van der Waals surface area contributed by atoms with Crippen molar-refractivity contribution in [1.29, 1.82) is 0 Å². The van der Waals surface area contributed by atoms with Crippen LogP contribution in [0.1, 0.15) is 0 Å². The number of rotatable bonds is 1. The van der Waals surface area contributed by atoms with E-state index in [0.717, 1.165) is 2.88 Å². The second kappa shape index (κ2) is 3.35. The molecular formula is C8H4INO3S. The number of nitro groups is 1. The van der Waals surface area contributed by atoms with Gasteiger partial charge in [-0.3, -0.25) is 10.1 Å². The molecule has 0 aliphatic carbocycles. The molecule has 0 atom stereocenters. The van der Waals surface area contributed by atoms with E-state index in [1.54, 1.807) is 0 Å². The van der Waals surface area contributed by atoms with Gasteiger partial charge in [0.15, 0.2) is 0 Å². The van der Waals surface area contributed by atoms with Gasteiger partial charge in [0.05, 0.1) is 18.6 Å². The van der Waals surface area contributed by atoms with Crippen LogP contribution in [-0.4, -0.2) is 10.0 Å². The number of aromatic hydroxyl groups is 1. The molecule has 0 aliphatic heterocycles. The maximum absolute atomic E-state index is 10.5. The van der Waals surface area contributed by atoms with E-state index < -0.39 is 4.92 Å². The lowest BCUT2D eigenvalue weighted by atomic mass is 10.2. The lowest BCUT2D eigenvalue weighted by Gasteiger charge is -1.94. The average molecular weight is 321 g/mol. The number of hydrogen-bond acceptors (Lipinski definition) is 4. The van der Waals surface area contributed by atoms with Gasteiger partial charge in [0.2, 0.25) is 0 Å². The van der Waals surface area contributed by atoms with Crippen molar-refractivity contribution in [2.45, 2.75) is 0 Å². The molecule has 4 nitrogen and oxygen atoms in total. The quantitative estimate of drug-likeness (QED) is 0.499. The molecule has 0 fully saturated rings. The highest BCUT2D eigenvalue weighted by molar-refractivity contribution is 14.1. The topological polar surface area (TPSA) is 63.4 Å². The van der Waals surface area contributed by atoms with E-state index in [-0.39, 0.29) is 11.4 Å². The fourth-order valence-electron chi connectivity index (χ4n) is 1.19. The van der Waals surface area contributed by atoms with Gasteiger partial charge in [0.1, 0.15) is 5.75 Å². The summed E-state index contributed by atoms with van der Waals surface area (Å²) < 4.78 is 1.69. The third-order valence-electron chi connectivity index (χ3n) is 1.76. The van der Waals surface area contributed by atoms with E-state index in [4.69, 9.17) is 0 Å². The molecule has 0 radical (unpaired) electrons. The number of halogens is 1. The highest BCUT2D eigenvalue weighted by atomic mass is 127. The minimum absolute atomic E-state index is 0.0258. The molecule has 6 heteroatoms. The molecule has 0 unspecified atom stereocenters. The molecular weight excluding hydrogens is 317 g/mol. The largest absolute Gasteiger partial charge is 0.506 e. The van der Waals surface area contributed by atoms with Crippen molar-refractivity contribution in [3.05, 3.63) is 31.2 Å². The predicted molar refractivity (Wildman–Crippen MR) is 62.9 cm³/mol. The summed E-state index contributed by atoms with van der Waals surface area (Å²) in [6.07, 6.45) is 0. The monoisotopic (exact) mass is 321 g/mol. The number of nitrogens with zero attached hydrogens (tertiary/aromatic N) is 1. The Morgan fingerprint density at radius 1 is 1.43 bits per heavy atom. The van der Waals surface area contributed by atoms with E-state index in [9.17, 15) is 15.2 Å². The SMILES string of the molecule is O=[N+]([O-])c1cc(O)c2sc(I)cc2c1. The Hall–Kier alpha value is -0.890. The summed E-state index contributed by atoms with van der Waals surface area (Å²) in [4.78, 5) is 9.99. The molecule has 1 aromatic heterocycles. The Morgan fingerprint density at radius 3 is 2.79 bits per heavy atom. The van der Waals surface area contributed by atoms with Gasteiger partial charge in [-0.15, -0.1) is 11.3 Å². The molecule has 0 aliphatic rings. The first-order valence-corrected chi connectivity index (χ1v) is 5.54. The first-order chi connectivity index (χ1) is 6.58. The van der Waals surface area contributed by atoms with Crippen LogP contribution in [0.25, 0.3) is 10.1 Å². The van der Waals surface area contributed by atoms with Gasteiger partial charge in [0, 0.05) is 11.5 Å². The first-order valence-electron chi connectivity index (χ1n) is 3.64. The maximum Gasteiger partial charge on any atom is 0.273 e. The Morgan fingerprint density at radius 2 is 2.14 bits per heavy atom. The van der Waals surface area contributed by atoms with E-state index >= 15 is 0 Å². The molecule has 0 bridgehead atoms. The highest BCUT2D eigenvalue weighted by Gasteiger charge is 2.12. The normalized spacial score (nSPS) is 10.6. The molecule has 72 valence electrons. The van der Waals surface area contributed by atoms with Gasteiger partial charge in [0.25, 0.3) is 5.69 Å². The fraction of sp³-hybridized carbons (Fsp3) is 0. The van der Waals surface area contributed by atoms with Gasteiger partial charge in [-0.05, 0) is 28.7 Å². The van der Waals surface area contributed by atoms with Crippen LogP contribution in [0.15, 0.2) is 18.2 Å². The zero-order valence-corrected chi connectivity index (χ0v) is 9.70. The summed E-state index contributed by atoms with van der Waals surface area (Å²) in [5.74, 6) is -0.0258. The van der Waals surface area contributed by atoms with Crippen LogP contribution in [0.2, 0.25) is 0 Å². The van der Waals surface area contributed by atoms with Crippen molar-refractivity contribution < 1.29 is 10.0 Å². The maximum atomic E-state index is 10.5. The molecule has 1 heterocycles. The van der Waals surface area contributed by atoms with Crippen LogP contribution >= 0.6 is 33.9 Å². The smallest absolute Gasteiger partial charge is 0.273 e. The van der Waals surface area contributed by atoms with Crippen molar-refractivity contribution in [1.82, 2.24) is 0 Å². The number of thiophene rings is 1. The molecule has 0 saturated heterocycles. The van der Waals surface area contributed by atoms with Crippen LogP contribution in [0.4, 0.5) is 5.69 Å². The van der Waals surface area contributed by atoms with Crippen molar-refractivity contribution in [2.75, 3.05) is 0 Å². The molecule has 14 heavy (non-hydrogen) atoms. The molecule has 0 spiro atoms. The van der Waals surface area contributed by atoms with Crippen molar-refractivity contribution in [2.24, 2.45) is 0 Å². The Labute approximate surface area is 96.5 Å². The predicted octanol–water partition coefficient (Wildman–Crippen LogP) is 3.12. The number of nitro benzene ring substituents is 1. The number of non-ortho nitro benzene ring substituents is 1. The zero-order chi connectivity index (χ0) is 10.3. The van der Waals surface area contributed by atoms with Gasteiger partial charge in [-0.2, -0.15) is 0 Å². The summed E-state index contributed by atoms with van der Waals surface area (Å²) in [6, 6.07) is 4.45. The molecule has 0 amide bonds. The average Bonchev–Trinajstić information content (AvgIpc) is 2.45. The molecule has 2 aromatic rings. The van der Waals surface area contributed by atoms with Crippen LogP contribution in [0.5, 0.6) is 5.75 Å². The second-order valence-electron chi connectivity index (χ2n) is 2.69. The number of benzene rings is 1. The van der Waals surface area contributed by atoms with Crippen molar-refractivity contribution >= 4 is 49.7 Å². The second-order valence-corrected chi connectivity index (χ2v) is 5.64. The van der Waals surface area contributed by atoms with Crippen LogP contribution in [0, 0.1) is 13.0 Å². The van der Waals surface area contributed by atoms with Crippen LogP contribution in [-0.2, 0) is 0 Å². The first kappa shape index (κ1) is 9.66. The van der Waals surface area contributed by atoms with Crippen molar-refractivity contribution in [3.63, 3.8) is 0 Å². The van der Waals surface area contributed by atoms with E-state index in [1.165, 1.54) is 23.5 Å². The highest BCUT2D eigenvalue weighted by Crippen LogP contribution is 2.36. The summed E-state index contributed by atoms with van der Waals surface area (Å²) in [6.45, 7) is 0. The fourth-order valence-corrected chi connectivity index (χ4v) is 2.97. The number of phenols is 1. The zero-order valence-electron chi connectivity index (χ0n) is 6.73. The summed E-state index contributed by atoms with van der Waals surface area (Å²) in [5.41, 5.74) is -0.0794. The van der Waals surface area contributed by atoms with Gasteiger partial charge in [-0.1, -0.05) is 0 Å². The summed E-state index contributed by atoms with van der Waals surface area (Å²) >= 11 is 3.53. The number of fused-ring (bicyclic) bond motifs is 1. The lowest BCUT2D eigenvalue weighted by molar-refractivity contribution is -0.384. The van der Waals surface area contributed by atoms with Gasteiger partial charge < -0.3 is 5.11 Å². The van der Waals surface area contributed by atoms with E-state index in [1.807, 2.05) is 6.07 Å². The molecule has 1 N–H and O–H groups in total. The van der Waals surface area contributed by atoms with Crippen molar-refractivity contribution in [3.8, 4) is 5.75 Å². The number of hydrogen-bond donors (Lipinski definition) is 1. The Kier molecular flexibility index (Phi) is 2.31. The molecule has 2 rings (SSSR count). The Bertz CT molecular complexity index is 523. The van der Waals surface area contributed by atoms with Crippen LogP contribution < -0.4 is 0 Å². The standard InChI is InChI=1S/C8H4INO3S/c9-7-2-4-1-5(10(12)13)3-6(11)8(4)14-7/h1-3,11H. The summed E-state index contributed by atoms with van der Waals surface area (Å²) in [5, 5.41) is 20.7. The van der Waals surface area contributed by atoms with Gasteiger partial charge in [-0.25, -0.2) is 0 Å². The van der Waals surface area contributed by atoms with E-state index in [0.29, 0.717) is 10.1 Å². The Balaban J connectivity index is 2.77. The molecule has 0 saturated carbocycles. The molecule has 1 aromatic carbocycles. The minimum Gasteiger partial charge on any atom is -0.506 e.